The van der Waals surface area contributed by atoms with Crippen LogP contribution < -0.4 is 11.1 Å². The molecule has 0 bridgehead atoms. The summed E-state index contributed by atoms with van der Waals surface area (Å²) in [4.78, 5) is 11.7. The van der Waals surface area contributed by atoms with Crippen molar-refractivity contribution in [3.8, 4) is 0 Å². The Morgan fingerprint density at radius 1 is 1.47 bits per heavy atom. The lowest BCUT2D eigenvalue weighted by atomic mass is 10.1. The predicted octanol–water partition coefficient (Wildman–Crippen LogP) is 2.41. The molecule has 0 fully saturated rings. The SMILES string of the molecule is CC(C)=CCNC(=O)c1cc(N)c(C)c(F)c1. The number of carbonyl (C=O) groups excluding carboxylic acids is 1. The Kier molecular flexibility index (Phi) is 4.26. The minimum atomic E-state index is -0.461. The van der Waals surface area contributed by atoms with Crippen molar-refractivity contribution in [2.45, 2.75) is 20.8 Å². The van der Waals surface area contributed by atoms with Crippen molar-refractivity contribution in [1.82, 2.24) is 5.32 Å². The maximum atomic E-state index is 13.4. The highest BCUT2D eigenvalue weighted by molar-refractivity contribution is 5.95. The number of halogens is 1. The lowest BCUT2D eigenvalue weighted by Crippen LogP contribution is -2.23. The lowest BCUT2D eigenvalue weighted by Gasteiger charge is -2.07. The molecule has 0 heterocycles. The van der Waals surface area contributed by atoms with Gasteiger partial charge in [-0.25, -0.2) is 4.39 Å². The van der Waals surface area contributed by atoms with Crippen LogP contribution in [0.4, 0.5) is 10.1 Å². The summed E-state index contributed by atoms with van der Waals surface area (Å²) in [6.45, 7) is 5.89. The van der Waals surface area contributed by atoms with Crippen LogP contribution >= 0.6 is 0 Å². The van der Waals surface area contributed by atoms with Crippen LogP contribution in [0.1, 0.15) is 29.8 Å². The highest BCUT2D eigenvalue weighted by Crippen LogP contribution is 2.17. The van der Waals surface area contributed by atoms with Crippen molar-refractivity contribution < 1.29 is 9.18 Å². The fourth-order valence-electron chi connectivity index (χ4n) is 1.28. The van der Waals surface area contributed by atoms with Crippen molar-refractivity contribution in [2.75, 3.05) is 12.3 Å². The first-order valence-electron chi connectivity index (χ1n) is 5.39. The highest BCUT2D eigenvalue weighted by atomic mass is 19.1. The quantitative estimate of drug-likeness (QED) is 0.625. The van der Waals surface area contributed by atoms with E-state index >= 15 is 0 Å². The number of hydrogen-bond acceptors (Lipinski definition) is 2. The second kappa shape index (κ2) is 5.48. The average molecular weight is 236 g/mol. The van der Waals surface area contributed by atoms with Gasteiger partial charge in [-0.05, 0) is 32.9 Å². The number of anilines is 1. The molecule has 1 aromatic carbocycles. The van der Waals surface area contributed by atoms with Gasteiger partial charge in [0.05, 0.1) is 0 Å². The van der Waals surface area contributed by atoms with E-state index in [2.05, 4.69) is 5.32 Å². The van der Waals surface area contributed by atoms with Gasteiger partial charge in [-0.3, -0.25) is 4.79 Å². The number of rotatable bonds is 3. The second-order valence-corrected chi connectivity index (χ2v) is 4.16. The van der Waals surface area contributed by atoms with Crippen LogP contribution in [0.2, 0.25) is 0 Å². The van der Waals surface area contributed by atoms with Crippen LogP contribution in [0.3, 0.4) is 0 Å². The second-order valence-electron chi connectivity index (χ2n) is 4.16. The van der Waals surface area contributed by atoms with Gasteiger partial charge in [-0.1, -0.05) is 11.6 Å². The number of nitrogen functional groups attached to an aromatic ring is 1. The maximum absolute atomic E-state index is 13.4. The van der Waals surface area contributed by atoms with Crippen LogP contribution in [0.25, 0.3) is 0 Å². The number of carbonyl (C=O) groups is 1. The Balaban J connectivity index is 2.80. The summed E-state index contributed by atoms with van der Waals surface area (Å²) in [5.74, 6) is -0.787. The van der Waals surface area contributed by atoms with E-state index in [0.717, 1.165) is 5.57 Å². The first-order valence-corrected chi connectivity index (χ1v) is 5.39. The molecule has 0 atom stereocenters. The zero-order valence-electron chi connectivity index (χ0n) is 10.3. The van der Waals surface area contributed by atoms with Crippen molar-refractivity contribution in [3.05, 3.63) is 40.7 Å². The van der Waals surface area contributed by atoms with Crippen molar-refractivity contribution in [3.63, 3.8) is 0 Å². The molecular weight excluding hydrogens is 219 g/mol. The van der Waals surface area contributed by atoms with Crippen LogP contribution in [0.15, 0.2) is 23.8 Å². The van der Waals surface area contributed by atoms with Gasteiger partial charge in [0.15, 0.2) is 0 Å². The fraction of sp³-hybridized carbons (Fsp3) is 0.308. The summed E-state index contributed by atoms with van der Waals surface area (Å²) in [6, 6.07) is 2.68. The molecule has 3 N–H and O–H groups in total. The van der Waals surface area contributed by atoms with Gasteiger partial charge in [-0.15, -0.1) is 0 Å². The maximum Gasteiger partial charge on any atom is 0.251 e. The molecule has 0 aliphatic heterocycles. The highest BCUT2D eigenvalue weighted by Gasteiger charge is 2.10. The molecule has 92 valence electrons. The Hall–Kier alpha value is -1.84. The molecule has 0 aromatic heterocycles. The minimum absolute atomic E-state index is 0.243. The van der Waals surface area contributed by atoms with E-state index in [0.29, 0.717) is 12.1 Å². The number of allylic oxidation sites excluding steroid dienone is 1. The zero-order chi connectivity index (χ0) is 13.0. The molecule has 0 aliphatic rings. The molecular formula is C13H17FN2O. The largest absolute Gasteiger partial charge is 0.398 e. The van der Waals surface area contributed by atoms with Gasteiger partial charge in [-0.2, -0.15) is 0 Å². The van der Waals surface area contributed by atoms with Crippen molar-refractivity contribution in [2.24, 2.45) is 0 Å². The van der Waals surface area contributed by atoms with Crippen LogP contribution in [0, 0.1) is 12.7 Å². The normalized spacial score (nSPS) is 9.88. The molecule has 0 radical (unpaired) electrons. The first kappa shape index (κ1) is 13.2. The molecule has 0 saturated carbocycles. The van der Waals surface area contributed by atoms with E-state index < -0.39 is 5.82 Å². The van der Waals surface area contributed by atoms with E-state index in [1.807, 2.05) is 19.9 Å². The first-order chi connectivity index (χ1) is 7.91. The van der Waals surface area contributed by atoms with E-state index in [-0.39, 0.29) is 17.2 Å². The van der Waals surface area contributed by atoms with Crippen LogP contribution in [-0.4, -0.2) is 12.5 Å². The number of nitrogens with two attached hydrogens (primary N) is 1. The number of nitrogens with one attached hydrogen (secondary N) is 1. The Morgan fingerprint density at radius 3 is 2.65 bits per heavy atom. The fourth-order valence-corrected chi connectivity index (χ4v) is 1.28. The summed E-state index contributed by atoms with van der Waals surface area (Å²) < 4.78 is 13.4. The molecule has 4 heteroatoms. The van der Waals surface area contributed by atoms with Gasteiger partial charge in [0.1, 0.15) is 5.82 Å². The van der Waals surface area contributed by atoms with Crippen LogP contribution in [0.5, 0.6) is 0 Å². The van der Waals surface area contributed by atoms with Gasteiger partial charge in [0, 0.05) is 23.4 Å². The van der Waals surface area contributed by atoms with Gasteiger partial charge in [0.25, 0.3) is 5.91 Å². The standard InChI is InChI=1S/C13H17FN2O/c1-8(2)4-5-16-13(17)10-6-11(14)9(3)12(15)7-10/h4,6-7H,5,15H2,1-3H3,(H,16,17). The molecule has 1 aromatic rings. The van der Waals surface area contributed by atoms with E-state index in [1.54, 1.807) is 6.92 Å². The number of benzene rings is 1. The van der Waals surface area contributed by atoms with Crippen molar-refractivity contribution in [1.29, 1.82) is 0 Å². The molecule has 1 rings (SSSR count). The molecule has 0 aliphatic carbocycles. The molecule has 3 nitrogen and oxygen atoms in total. The molecule has 0 unspecified atom stereocenters. The Bertz CT molecular complexity index is 439. The van der Waals surface area contributed by atoms with Gasteiger partial charge in [0.2, 0.25) is 0 Å². The Labute approximate surface area is 101 Å². The third-order valence-corrected chi connectivity index (χ3v) is 2.42. The predicted molar refractivity (Wildman–Crippen MR) is 67.3 cm³/mol. The summed E-state index contributed by atoms with van der Waals surface area (Å²) in [7, 11) is 0. The summed E-state index contributed by atoms with van der Waals surface area (Å²) >= 11 is 0. The number of amides is 1. The third kappa shape index (κ3) is 3.59. The van der Waals surface area contributed by atoms with Crippen LogP contribution in [-0.2, 0) is 0 Å². The van der Waals surface area contributed by atoms with Crippen molar-refractivity contribution >= 4 is 11.6 Å². The molecule has 0 saturated heterocycles. The summed E-state index contributed by atoms with van der Waals surface area (Å²) in [5, 5.41) is 2.67. The third-order valence-electron chi connectivity index (χ3n) is 2.42. The lowest BCUT2D eigenvalue weighted by molar-refractivity contribution is 0.0957. The summed E-state index contributed by atoms with van der Waals surface area (Å²) in [5.41, 5.74) is 7.61. The van der Waals surface area contributed by atoms with Gasteiger partial charge >= 0.3 is 0 Å². The average Bonchev–Trinajstić information content (AvgIpc) is 2.24. The molecule has 1 amide bonds. The molecule has 17 heavy (non-hydrogen) atoms. The Morgan fingerprint density at radius 2 is 2.12 bits per heavy atom. The summed E-state index contributed by atoms with van der Waals surface area (Å²) in [6.07, 6.45) is 1.88. The topological polar surface area (TPSA) is 55.1 Å². The number of hydrogen-bond donors (Lipinski definition) is 2. The zero-order valence-corrected chi connectivity index (χ0v) is 10.3. The van der Waals surface area contributed by atoms with E-state index in [9.17, 15) is 9.18 Å². The van der Waals surface area contributed by atoms with Gasteiger partial charge < -0.3 is 11.1 Å². The molecule has 0 spiro atoms. The van der Waals surface area contributed by atoms with E-state index in [1.165, 1.54) is 12.1 Å². The van der Waals surface area contributed by atoms with E-state index in [4.69, 9.17) is 5.73 Å². The monoisotopic (exact) mass is 236 g/mol. The smallest absolute Gasteiger partial charge is 0.251 e. The minimum Gasteiger partial charge on any atom is -0.398 e.